The van der Waals surface area contributed by atoms with Crippen LogP contribution in [0.5, 0.6) is 5.88 Å². The lowest BCUT2D eigenvalue weighted by atomic mass is 9.85. The van der Waals surface area contributed by atoms with E-state index >= 15 is 0 Å². The van der Waals surface area contributed by atoms with E-state index in [0.29, 0.717) is 45.4 Å². The van der Waals surface area contributed by atoms with E-state index < -0.39 is 0 Å². The number of pyridine rings is 1. The molecule has 0 unspecified atom stereocenters. The molecule has 4 heterocycles. The maximum absolute atomic E-state index is 13.5. The number of thiazole rings is 1. The van der Waals surface area contributed by atoms with Crippen molar-refractivity contribution >= 4 is 28.6 Å². The first kappa shape index (κ1) is 21.0. The third-order valence-electron chi connectivity index (χ3n) is 6.17. The molecule has 1 saturated carbocycles. The molecular formula is C24H19ClN5O3S+. The van der Waals surface area contributed by atoms with Crippen LogP contribution in [0.1, 0.15) is 35.9 Å². The van der Waals surface area contributed by atoms with Crippen molar-refractivity contribution in [3.8, 4) is 28.4 Å². The second kappa shape index (κ2) is 8.34. The van der Waals surface area contributed by atoms with Crippen molar-refractivity contribution in [1.82, 2.24) is 19.5 Å². The summed E-state index contributed by atoms with van der Waals surface area (Å²) in [5.74, 6) is 1.32. The van der Waals surface area contributed by atoms with Crippen LogP contribution < -0.4 is 10.1 Å². The van der Waals surface area contributed by atoms with Gasteiger partial charge >= 0.3 is 5.56 Å². The zero-order valence-corrected chi connectivity index (χ0v) is 19.5. The van der Waals surface area contributed by atoms with E-state index in [1.807, 2.05) is 18.2 Å². The normalized spacial score (nSPS) is 13.9. The Hall–Kier alpha value is -3.56. The van der Waals surface area contributed by atoms with Crippen LogP contribution in [0.15, 0.2) is 64.2 Å². The van der Waals surface area contributed by atoms with Crippen molar-refractivity contribution in [3.63, 3.8) is 0 Å². The SMILES string of the molecule is O=c1c(-c2cccc(-c3noc(C4CCC4)n3)c2)c(O)[n+](Cc2cnc(Cl)s2)c2ccccn12. The van der Waals surface area contributed by atoms with E-state index in [9.17, 15) is 9.90 Å². The Morgan fingerprint density at radius 2 is 2.06 bits per heavy atom. The zero-order valence-electron chi connectivity index (χ0n) is 17.9. The average molecular weight is 493 g/mol. The second-order valence-corrected chi connectivity index (χ2v) is 9.96. The summed E-state index contributed by atoms with van der Waals surface area (Å²) < 4.78 is 9.08. The van der Waals surface area contributed by atoms with E-state index in [1.54, 1.807) is 41.2 Å². The van der Waals surface area contributed by atoms with Gasteiger partial charge < -0.3 is 9.63 Å². The molecule has 6 rings (SSSR count). The van der Waals surface area contributed by atoms with Gasteiger partial charge in [-0.25, -0.2) is 9.78 Å². The van der Waals surface area contributed by atoms with Crippen molar-refractivity contribution in [1.29, 1.82) is 0 Å². The number of aromatic nitrogens is 5. The minimum atomic E-state index is -0.327. The molecule has 0 spiro atoms. The number of hydrogen-bond donors (Lipinski definition) is 1. The van der Waals surface area contributed by atoms with Crippen LogP contribution in [0.3, 0.4) is 0 Å². The molecule has 0 bridgehead atoms. The van der Waals surface area contributed by atoms with Gasteiger partial charge in [0.2, 0.25) is 11.7 Å². The molecule has 1 aliphatic carbocycles. The second-order valence-electron chi connectivity index (χ2n) is 8.26. The number of nitrogens with zero attached hydrogens (tertiary/aromatic N) is 5. The number of hydrogen-bond acceptors (Lipinski definition) is 7. The van der Waals surface area contributed by atoms with Gasteiger partial charge in [0.25, 0.3) is 11.5 Å². The fourth-order valence-corrected chi connectivity index (χ4v) is 5.16. The molecule has 34 heavy (non-hydrogen) atoms. The maximum Gasteiger partial charge on any atom is 0.354 e. The molecular weight excluding hydrogens is 474 g/mol. The molecule has 1 aliphatic rings. The fraction of sp³-hybridized carbons (Fsp3) is 0.208. The third kappa shape index (κ3) is 3.57. The molecule has 0 atom stereocenters. The topological polar surface area (TPSA) is 97.4 Å². The van der Waals surface area contributed by atoms with Gasteiger partial charge in [0.1, 0.15) is 6.54 Å². The fourth-order valence-electron chi connectivity index (χ4n) is 4.19. The largest absolute Gasteiger partial charge is 0.477 e. The van der Waals surface area contributed by atoms with Crippen LogP contribution >= 0.6 is 22.9 Å². The summed E-state index contributed by atoms with van der Waals surface area (Å²) in [4.78, 5) is 23.0. The first-order valence-corrected chi connectivity index (χ1v) is 12.1. The highest BCUT2D eigenvalue weighted by atomic mass is 35.5. The predicted octanol–water partition coefficient (Wildman–Crippen LogP) is 4.44. The molecule has 8 nitrogen and oxygen atoms in total. The maximum atomic E-state index is 13.5. The molecule has 1 aromatic carbocycles. The lowest BCUT2D eigenvalue weighted by Crippen LogP contribution is -2.41. The van der Waals surface area contributed by atoms with Gasteiger partial charge in [-0.1, -0.05) is 47.4 Å². The summed E-state index contributed by atoms with van der Waals surface area (Å²) in [6.45, 7) is 0.312. The van der Waals surface area contributed by atoms with Crippen LogP contribution in [0.25, 0.3) is 28.2 Å². The summed E-state index contributed by atoms with van der Waals surface area (Å²) in [7, 11) is 0. The smallest absolute Gasteiger partial charge is 0.354 e. The van der Waals surface area contributed by atoms with Crippen molar-refractivity contribution in [3.05, 3.63) is 80.4 Å². The summed E-state index contributed by atoms with van der Waals surface area (Å²) in [5.41, 5.74) is 1.68. The Morgan fingerprint density at radius 1 is 1.21 bits per heavy atom. The summed E-state index contributed by atoms with van der Waals surface area (Å²) in [5, 5.41) is 15.5. The minimum absolute atomic E-state index is 0.138. The number of aromatic hydroxyl groups is 1. The van der Waals surface area contributed by atoms with Crippen molar-refractivity contribution in [2.24, 2.45) is 0 Å². The Kier molecular flexibility index (Phi) is 5.15. The summed E-state index contributed by atoms with van der Waals surface area (Å²) >= 11 is 7.33. The molecule has 0 saturated heterocycles. The first-order valence-electron chi connectivity index (χ1n) is 10.9. The quantitative estimate of drug-likeness (QED) is 0.364. The van der Waals surface area contributed by atoms with Crippen LogP contribution in [-0.2, 0) is 6.54 Å². The minimum Gasteiger partial charge on any atom is -0.477 e. The molecule has 4 aromatic heterocycles. The van der Waals surface area contributed by atoms with E-state index in [1.165, 1.54) is 22.2 Å². The Labute approximate surface area is 202 Å². The monoisotopic (exact) mass is 492 g/mol. The highest BCUT2D eigenvalue weighted by molar-refractivity contribution is 7.15. The average Bonchev–Trinajstić information content (AvgIpc) is 3.45. The van der Waals surface area contributed by atoms with Gasteiger partial charge in [-0.2, -0.15) is 14.0 Å². The van der Waals surface area contributed by atoms with E-state index in [2.05, 4.69) is 15.1 Å². The molecule has 10 heteroatoms. The van der Waals surface area contributed by atoms with Crippen LogP contribution in [0.2, 0.25) is 4.47 Å². The molecule has 170 valence electrons. The standard InChI is InChI=1S/C24H18ClN5O3S/c25-24-26-12-17(34-24)13-30-18-9-1-2-10-29(18)22(31)19(23(30)32)15-7-4-8-16(11-15)20-27-21(33-28-20)14-5-3-6-14/h1-2,4,7-12,14H,3,5-6,13H2/p+1. The van der Waals surface area contributed by atoms with Crippen LogP contribution in [0, 0.1) is 0 Å². The number of rotatable bonds is 5. The van der Waals surface area contributed by atoms with Gasteiger partial charge in [0.05, 0.1) is 11.1 Å². The summed E-state index contributed by atoms with van der Waals surface area (Å²) in [6.07, 6.45) is 6.66. The Morgan fingerprint density at radius 3 is 2.82 bits per heavy atom. The van der Waals surface area contributed by atoms with Crippen molar-refractivity contribution in [2.75, 3.05) is 0 Å². The molecule has 1 N–H and O–H groups in total. The van der Waals surface area contributed by atoms with Gasteiger partial charge in [-0.15, -0.1) is 11.3 Å². The van der Waals surface area contributed by atoms with Gasteiger partial charge in [0, 0.05) is 23.7 Å². The Balaban J connectivity index is 1.49. The van der Waals surface area contributed by atoms with Crippen molar-refractivity contribution < 1.29 is 14.2 Å². The number of halogens is 1. The molecule has 0 aliphatic heterocycles. The van der Waals surface area contributed by atoms with Gasteiger partial charge in [0.15, 0.2) is 10.0 Å². The molecule has 0 radical (unpaired) electrons. The van der Waals surface area contributed by atoms with E-state index in [0.717, 1.165) is 17.7 Å². The van der Waals surface area contributed by atoms with E-state index in [-0.39, 0.29) is 17.0 Å². The number of fused-ring (bicyclic) bond motifs is 1. The lowest BCUT2D eigenvalue weighted by Gasteiger charge is -2.20. The highest BCUT2D eigenvalue weighted by Gasteiger charge is 2.27. The van der Waals surface area contributed by atoms with Gasteiger partial charge in [-0.3, -0.25) is 0 Å². The highest BCUT2D eigenvalue weighted by Crippen LogP contribution is 2.36. The predicted molar refractivity (Wildman–Crippen MR) is 127 cm³/mol. The Bertz CT molecular complexity index is 1590. The lowest BCUT2D eigenvalue weighted by molar-refractivity contribution is -0.671. The first-order chi connectivity index (χ1) is 16.6. The van der Waals surface area contributed by atoms with Crippen molar-refractivity contribution in [2.45, 2.75) is 31.7 Å². The third-order valence-corrected chi connectivity index (χ3v) is 7.27. The van der Waals surface area contributed by atoms with Crippen LogP contribution in [-0.4, -0.2) is 24.6 Å². The van der Waals surface area contributed by atoms with Crippen LogP contribution in [0.4, 0.5) is 0 Å². The molecule has 0 amide bonds. The van der Waals surface area contributed by atoms with E-state index in [4.69, 9.17) is 16.1 Å². The molecule has 1 fully saturated rings. The zero-order chi connectivity index (χ0) is 23.2. The van der Waals surface area contributed by atoms with Gasteiger partial charge in [-0.05, 0) is 30.5 Å². The number of benzene rings is 1. The molecule has 5 aromatic rings. The summed E-state index contributed by atoms with van der Waals surface area (Å²) in [6, 6.07) is 12.6.